The third kappa shape index (κ3) is 2.94. The summed E-state index contributed by atoms with van der Waals surface area (Å²) in [6.07, 6.45) is 10.2. The Hall–Kier alpha value is -1.04. The second kappa shape index (κ2) is 6.41. The molecule has 0 aliphatic heterocycles. The molecular weight excluding hydrogens is 228 g/mol. The molecule has 0 saturated heterocycles. The first kappa shape index (κ1) is 14.4. The van der Waals surface area contributed by atoms with Crippen LogP contribution < -0.4 is 0 Å². The van der Waals surface area contributed by atoms with Crippen LogP contribution in [0.4, 0.5) is 0 Å². The first-order valence-corrected chi connectivity index (χ1v) is 7.91. The average Bonchev–Trinajstić information content (AvgIpc) is 3.02. The van der Waals surface area contributed by atoms with E-state index in [1.165, 1.54) is 44.1 Å². The number of benzene rings is 1. The highest BCUT2D eigenvalue weighted by molar-refractivity contribution is 5.35. The summed E-state index contributed by atoms with van der Waals surface area (Å²) < 4.78 is 0. The molecule has 0 aromatic heterocycles. The van der Waals surface area contributed by atoms with E-state index in [4.69, 9.17) is 0 Å². The van der Waals surface area contributed by atoms with Gasteiger partial charge in [0.25, 0.3) is 0 Å². The van der Waals surface area contributed by atoms with Crippen molar-refractivity contribution in [3.8, 4) is 0 Å². The highest BCUT2D eigenvalue weighted by atomic mass is 14.6. The van der Waals surface area contributed by atoms with Crippen LogP contribution in [0.2, 0.25) is 0 Å². The third-order valence-electron chi connectivity index (χ3n) is 5.10. The molecule has 0 heterocycles. The van der Waals surface area contributed by atoms with E-state index in [-0.39, 0.29) is 0 Å². The molecular formula is C19H28. The van der Waals surface area contributed by atoms with E-state index >= 15 is 0 Å². The number of unbranched alkanes of at least 4 members (excludes halogenated alkanes) is 3. The molecule has 0 spiro atoms. The molecule has 0 unspecified atom stereocenters. The molecule has 0 bridgehead atoms. The fourth-order valence-electron chi connectivity index (χ4n) is 3.80. The van der Waals surface area contributed by atoms with Crippen molar-refractivity contribution in [3.05, 3.63) is 48.6 Å². The fourth-order valence-corrected chi connectivity index (χ4v) is 3.80. The van der Waals surface area contributed by atoms with Crippen LogP contribution >= 0.6 is 0 Å². The SMILES string of the molecule is C=CC[C@H]1[C@@H](CCCCCC)[C@]1(C)c1ccccc1. The molecule has 1 aromatic carbocycles. The van der Waals surface area contributed by atoms with Crippen LogP contribution in [0.3, 0.4) is 0 Å². The Morgan fingerprint density at radius 1 is 1.11 bits per heavy atom. The van der Waals surface area contributed by atoms with Crippen LogP contribution in [-0.4, -0.2) is 0 Å². The second-order valence-electron chi connectivity index (χ2n) is 6.24. The lowest BCUT2D eigenvalue weighted by Gasteiger charge is -2.12. The van der Waals surface area contributed by atoms with Gasteiger partial charge in [-0.25, -0.2) is 0 Å². The molecule has 2 rings (SSSR count). The summed E-state index contributed by atoms with van der Waals surface area (Å²) in [6.45, 7) is 8.69. The van der Waals surface area contributed by atoms with Crippen molar-refractivity contribution in [2.24, 2.45) is 11.8 Å². The Balaban J connectivity index is 2.00. The molecule has 1 aliphatic rings. The smallest absolute Gasteiger partial charge is 0.000984 e. The lowest BCUT2D eigenvalue weighted by Crippen LogP contribution is -2.06. The molecule has 3 atom stereocenters. The van der Waals surface area contributed by atoms with Gasteiger partial charge in [-0.1, -0.05) is 75.9 Å². The molecule has 1 fully saturated rings. The zero-order valence-corrected chi connectivity index (χ0v) is 12.6. The Bertz CT molecular complexity index is 392. The van der Waals surface area contributed by atoms with Crippen molar-refractivity contribution in [1.29, 1.82) is 0 Å². The third-order valence-corrected chi connectivity index (χ3v) is 5.10. The molecule has 0 amide bonds. The summed E-state index contributed by atoms with van der Waals surface area (Å²) in [7, 11) is 0. The predicted octanol–water partition coefficient (Wildman–Crippen LogP) is 5.74. The van der Waals surface area contributed by atoms with E-state index in [1.807, 2.05) is 0 Å². The van der Waals surface area contributed by atoms with Crippen LogP contribution in [0.15, 0.2) is 43.0 Å². The summed E-state index contributed by atoms with van der Waals surface area (Å²) in [4.78, 5) is 0. The fraction of sp³-hybridized carbons (Fsp3) is 0.579. The standard InChI is InChI=1S/C19H28/c1-4-6-7-11-15-18-17(12-5-2)19(18,3)16-13-9-8-10-14-16/h5,8-10,13-14,17-18H,2,4,6-7,11-12,15H2,1,3H3/t17-,18+,19+/m0/s1. The molecule has 1 aliphatic carbocycles. The van der Waals surface area contributed by atoms with E-state index in [0.29, 0.717) is 5.41 Å². The summed E-state index contributed by atoms with van der Waals surface area (Å²) in [5.41, 5.74) is 1.93. The van der Waals surface area contributed by atoms with Crippen molar-refractivity contribution in [1.82, 2.24) is 0 Å². The Morgan fingerprint density at radius 3 is 2.47 bits per heavy atom. The second-order valence-corrected chi connectivity index (χ2v) is 6.24. The molecule has 1 aromatic rings. The van der Waals surface area contributed by atoms with E-state index in [9.17, 15) is 0 Å². The van der Waals surface area contributed by atoms with Crippen LogP contribution in [0.25, 0.3) is 0 Å². The minimum Gasteiger partial charge on any atom is -0.103 e. The van der Waals surface area contributed by atoms with Crippen LogP contribution in [0.1, 0.15) is 57.9 Å². The van der Waals surface area contributed by atoms with E-state index in [2.05, 4.69) is 56.8 Å². The molecule has 0 radical (unpaired) electrons. The molecule has 1 saturated carbocycles. The normalized spacial score (nSPS) is 29.2. The maximum Gasteiger partial charge on any atom is -0.000984 e. The van der Waals surface area contributed by atoms with Crippen LogP contribution in [0.5, 0.6) is 0 Å². The van der Waals surface area contributed by atoms with Gasteiger partial charge >= 0.3 is 0 Å². The largest absolute Gasteiger partial charge is 0.103 e. The van der Waals surface area contributed by atoms with Crippen molar-refractivity contribution < 1.29 is 0 Å². The Morgan fingerprint density at radius 2 is 1.84 bits per heavy atom. The maximum absolute atomic E-state index is 3.94. The molecule has 19 heavy (non-hydrogen) atoms. The quantitative estimate of drug-likeness (QED) is 0.411. The minimum atomic E-state index is 0.404. The van der Waals surface area contributed by atoms with Gasteiger partial charge in [0.05, 0.1) is 0 Å². The first-order chi connectivity index (χ1) is 9.25. The highest BCUT2D eigenvalue weighted by Gasteiger charge is 2.59. The molecule has 0 nitrogen and oxygen atoms in total. The van der Waals surface area contributed by atoms with Gasteiger partial charge in [0, 0.05) is 0 Å². The number of allylic oxidation sites excluding steroid dienone is 1. The monoisotopic (exact) mass is 256 g/mol. The molecule has 0 heteroatoms. The summed E-state index contributed by atoms with van der Waals surface area (Å²) >= 11 is 0. The summed E-state index contributed by atoms with van der Waals surface area (Å²) in [5.74, 6) is 1.68. The van der Waals surface area contributed by atoms with Crippen LogP contribution in [0, 0.1) is 11.8 Å². The predicted molar refractivity (Wildman–Crippen MR) is 84.3 cm³/mol. The molecule has 104 valence electrons. The van der Waals surface area contributed by atoms with E-state index in [0.717, 1.165) is 11.8 Å². The zero-order chi connectivity index (χ0) is 13.7. The number of rotatable bonds is 8. The Kier molecular flexibility index (Phi) is 4.85. The van der Waals surface area contributed by atoms with Crippen molar-refractivity contribution in [2.45, 2.75) is 57.8 Å². The highest BCUT2D eigenvalue weighted by Crippen LogP contribution is 2.63. The van der Waals surface area contributed by atoms with Gasteiger partial charge in [0.1, 0.15) is 0 Å². The van der Waals surface area contributed by atoms with Gasteiger partial charge in [-0.15, -0.1) is 6.58 Å². The number of hydrogen-bond acceptors (Lipinski definition) is 0. The lowest BCUT2D eigenvalue weighted by molar-refractivity contribution is 0.548. The van der Waals surface area contributed by atoms with Gasteiger partial charge in [0.15, 0.2) is 0 Å². The average molecular weight is 256 g/mol. The summed E-state index contributed by atoms with van der Waals surface area (Å²) in [6, 6.07) is 11.1. The maximum atomic E-state index is 3.94. The minimum absolute atomic E-state index is 0.404. The molecule has 0 N–H and O–H groups in total. The Labute approximate surface area is 118 Å². The van der Waals surface area contributed by atoms with Gasteiger partial charge in [-0.3, -0.25) is 0 Å². The van der Waals surface area contributed by atoms with Gasteiger partial charge in [-0.05, 0) is 35.7 Å². The number of hydrogen-bond donors (Lipinski definition) is 0. The van der Waals surface area contributed by atoms with Crippen molar-refractivity contribution in [2.75, 3.05) is 0 Å². The topological polar surface area (TPSA) is 0 Å². The first-order valence-electron chi connectivity index (χ1n) is 7.91. The van der Waals surface area contributed by atoms with Gasteiger partial charge in [0.2, 0.25) is 0 Å². The lowest BCUT2D eigenvalue weighted by atomic mass is 9.92. The van der Waals surface area contributed by atoms with Crippen LogP contribution in [-0.2, 0) is 5.41 Å². The summed E-state index contributed by atoms with van der Waals surface area (Å²) in [5, 5.41) is 0. The van der Waals surface area contributed by atoms with E-state index in [1.54, 1.807) is 0 Å². The van der Waals surface area contributed by atoms with Crippen molar-refractivity contribution >= 4 is 0 Å². The van der Waals surface area contributed by atoms with Crippen molar-refractivity contribution in [3.63, 3.8) is 0 Å². The van der Waals surface area contributed by atoms with Gasteiger partial charge < -0.3 is 0 Å². The van der Waals surface area contributed by atoms with E-state index < -0.39 is 0 Å². The van der Waals surface area contributed by atoms with Gasteiger partial charge in [-0.2, -0.15) is 0 Å². The zero-order valence-electron chi connectivity index (χ0n) is 12.6.